The molecule has 31 heavy (non-hydrogen) atoms. The molecule has 9 nitrogen and oxygen atoms in total. The quantitative estimate of drug-likeness (QED) is 0.696. The number of likely N-dealkylation sites (N-methyl/N-ethyl adjacent to an activating group) is 1. The van der Waals surface area contributed by atoms with Crippen molar-refractivity contribution in [3.63, 3.8) is 0 Å². The number of hydrogen-bond donors (Lipinski definition) is 1. The molecule has 1 aromatic rings. The van der Waals surface area contributed by atoms with Gasteiger partial charge in [-0.3, -0.25) is 24.7 Å². The number of nitrogens with one attached hydrogen (secondary N) is 1. The molecule has 3 fully saturated rings. The molecular formula is C21H28ClN5O4. The van der Waals surface area contributed by atoms with E-state index in [0.717, 1.165) is 22.7 Å². The molecule has 0 aromatic heterocycles. The van der Waals surface area contributed by atoms with Crippen molar-refractivity contribution in [1.82, 2.24) is 20.0 Å². The van der Waals surface area contributed by atoms with Gasteiger partial charge in [-0.1, -0.05) is 24.6 Å². The summed E-state index contributed by atoms with van der Waals surface area (Å²) < 4.78 is 4.96. The van der Waals surface area contributed by atoms with Crippen LogP contribution in [-0.4, -0.2) is 84.4 Å². The molecule has 3 saturated heterocycles. The van der Waals surface area contributed by atoms with Crippen LogP contribution < -0.4 is 10.2 Å². The highest BCUT2D eigenvalue weighted by atomic mass is 35.5. The molecule has 3 heterocycles. The van der Waals surface area contributed by atoms with Gasteiger partial charge in [-0.15, -0.1) is 0 Å². The Bertz CT molecular complexity index is 912. The van der Waals surface area contributed by atoms with E-state index in [4.69, 9.17) is 16.3 Å². The predicted molar refractivity (Wildman–Crippen MR) is 115 cm³/mol. The summed E-state index contributed by atoms with van der Waals surface area (Å²) >= 11 is 6.37. The molecule has 3 amide bonds. The largest absolute Gasteiger partial charge is 0.465 e. The lowest BCUT2D eigenvalue weighted by Gasteiger charge is -2.46. The fraction of sp³-hybridized carbons (Fsp3) is 0.571. The van der Waals surface area contributed by atoms with Crippen molar-refractivity contribution in [2.75, 3.05) is 38.2 Å². The van der Waals surface area contributed by atoms with Crippen LogP contribution in [0.3, 0.4) is 0 Å². The number of fused-ring (bicyclic) bond motifs is 3. The van der Waals surface area contributed by atoms with Crippen LogP contribution in [0, 0.1) is 12.8 Å². The van der Waals surface area contributed by atoms with Crippen molar-refractivity contribution in [2.24, 2.45) is 5.92 Å². The number of hydrogen-bond acceptors (Lipinski definition) is 7. The van der Waals surface area contributed by atoms with E-state index in [0.29, 0.717) is 11.6 Å². The second-order valence-electron chi connectivity index (χ2n) is 8.39. The van der Waals surface area contributed by atoms with Crippen LogP contribution in [0.5, 0.6) is 0 Å². The fourth-order valence-corrected chi connectivity index (χ4v) is 4.96. The van der Waals surface area contributed by atoms with Crippen LogP contribution >= 0.6 is 11.6 Å². The Morgan fingerprint density at radius 3 is 2.74 bits per heavy atom. The van der Waals surface area contributed by atoms with E-state index in [1.807, 2.05) is 25.1 Å². The number of nitrogens with zero attached hydrogens (tertiary/aromatic N) is 4. The number of anilines is 1. The first-order valence-corrected chi connectivity index (χ1v) is 10.9. The lowest BCUT2D eigenvalue weighted by molar-refractivity contribution is -0.151. The lowest BCUT2D eigenvalue weighted by atomic mass is 10.0. The summed E-state index contributed by atoms with van der Waals surface area (Å²) in [5, 5.41) is 4.15. The number of esters is 1. The summed E-state index contributed by atoms with van der Waals surface area (Å²) in [6.07, 6.45) is -0.763. The molecule has 4 rings (SSSR count). The Morgan fingerprint density at radius 1 is 1.29 bits per heavy atom. The Hall–Kier alpha value is -2.36. The number of carbonyl (C=O) groups excluding carboxylic acids is 3. The molecule has 1 N–H and O–H groups in total. The topological polar surface area (TPSA) is 85.4 Å². The molecule has 0 saturated carbocycles. The third-order valence-electron chi connectivity index (χ3n) is 6.23. The van der Waals surface area contributed by atoms with Crippen molar-refractivity contribution < 1.29 is 19.1 Å². The fourth-order valence-electron chi connectivity index (χ4n) is 4.79. The number of amides is 3. The van der Waals surface area contributed by atoms with Gasteiger partial charge in [0.25, 0.3) is 5.91 Å². The zero-order valence-corrected chi connectivity index (χ0v) is 18.9. The van der Waals surface area contributed by atoms with Crippen molar-refractivity contribution in [1.29, 1.82) is 0 Å². The lowest BCUT2D eigenvalue weighted by Crippen LogP contribution is -2.67. The molecule has 4 atom stereocenters. The van der Waals surface area contributed by atoms with Crippen molar-refractivity contribution in [2.45, 2.75) is 39.3 Å². The van der Waals surface area contributed by atoms with Gasteiger partial charge < -0.3 is 14.5 Å². The minimum absolute atomic E-state index is 0.193. The van der Waals surface area contributed by atoms with E-state index in [1.54, 1.807) is 14.0 Å². The first-order valence-electron chi connectivity index (χ1n) is 10.5. The smallest absolute Gasteiger partial charge is 0.328 e. The van der Waals surface area contributed by atoms with Crippen LogP contribution in [0.15, 0.2) is 18.2 Å². The Morgan fingerprint density at radius 2 is 2.03 bits per heavy atom. The molecule has 0 bridgehead atoms. The van der Waals surface area contributed by atoms with Gasteiger partial charge in [0.1, 0.15) is 25.0 Å². The van der Waals surface area contributed by atoms with E-state index in [-0.39, 0.29) is 31.3 Å². The highest BCUT2D eigenvalue weighted by Crippen LogP contribution is 2.36. The van der Waals surface area contributed by atoms with Crippen LogP contribution in [0.4, 0.5) is 10.5 Å². The molecule has 4 unspecified atom stereocenters. The first kappa shape index (κ1) is 21.9. The standard InChI is InChI=1S/C21H28ClN5O4/c1-5-31-16(28)11-27-19(29)17-18(24(4)21(27)30)23-20-25(9-12(2)10-26(17)20)15-8-6-7-14(22)13(15)3/h6-8,12,17-18,20,23H,5,9-11H2,1-4H3. The highest BCUT2D eigenvalue weighted by Gasteiger charge is 2.57. The summed E-state index contributed by atoms with van der Waals surface area (Å²) in [6.45, 7) is 7.08. The van der Waals surface area contributed by atoms with Gasteiger partial charge in [0.2, 0.25) is 0 Å². The molecule has 3 aliphatic rings. The van der Waals surface area contributed by atoms with Crippen LogP contribution in [-0.2, 0) is 14.3 Å². The van der Waals surface area contributed by atoms with Gasteiger partial charge >= 0.3 is 12.0 Å². The molecule has 0 radical (unpaired) electrons. The number of rotatable bonds is 4. The summed E-state index contributed by atoms with van der Waals surface area (Å²) in [5.74, 6) is -0.695. The van der Waals surface area contributed by atoms with E-state index in [9.17, 15) is 14.4 Å². The molecular weight excluding hydrogens is 422 g/mol. The maximum atomic E-state index is 13.4. The van der Waals surface area contributed by atoms with Crippen LogP contribution in [0.2, 0.25) is 5.02 Å². The second-order valence-corrected chi connectivity index (χ2v) is 8.80. The van der Waals surface area contributed by atoms with E-state index >= 15 is 0 Å². The number of benzene rings is 1. The maximum absolute atomic E-state index is 13.4. The zero-order valence-electron chi connectivity index (χ0n) is 18.2. The summed E-state index contributed by atoms with van der Waals surface area (Å²) in [6, 6.07) is 4.69. The normalized spacial score (nSPS) is 28.6. The number of halogens is 1. The van der Waals surface area contributed by atoms with Gasteiger partial charge in [0.15, 0.2) is 0 Å². The molecule has 1 aromatic carbocycles. The maximum Gasteiger partial charge on any atom is 0.328 e. The molecule has 168 valence electrons. The van der Waals surface area contributed by atoms with Gasteiger partial charge in [0, 0.05) is 30.8 Å². The van der Waals surface area contributed by atoms with Crippen molar-refractivity contribution in [3.05, 3.63) is 28.8 Å². The average Bonchev–Trinajstić information content (AvgIpc) is 3.11. The molecule has 0 spiro atoms. The summed E-state index contributed by atoms with van der Waals surface area (Å²) in [7, 11) is 1.65. The van der Waals surface area contributed by atoms with E-state index < -0.39 is 24.2 Å². The number of ether oxygens (including phenoxy) is 1. The number of carbonyl (C=O) groups is 3. The summed E-state index contributed by atoms with van der Waals surface area (Å²) in [5.41, 5.74) is 1.96. The van der Waals surface area contributed by atoms with E-state index in [1.165, 1.54) is 4.90 Å². The van der Waals surface area contributed by atoms with Gasteiger partial charge in [-0.2, -0.15) is 0 Å². The van der Waals surface area contributed by atoms with Gasteiger partial charge in [-0.05, 0) is 37.5 Å². The summed E-state index contributed by atoms with van der Waals surface area (Å²) in [4.78, 5) is 45.0. The number of imide groups is 1. The molecule has 3 aliphatic heterocycles. The molecule has 0 aliphatic carbocycles. The third-order valence-corrected chi connectivity index (χ3v) is 6.64. The Kier molecular flexibility index (Phi) is 5.85. The predicted octanol–water partition coefficient (Wildman–Crippen LogP) is 1.45. The van der Waals surface area contributed by atoms with Crippen molar-refractivity contribution >= 4 is 35.2 Å². The third kappa shape index (κ3) is 3.64. The van der Waals surface area contributed by atoms with Gasteiger partial charge in [-0.25, -0.2) is 4.79 Å². The highest BCUT2D eigenvalue weighted by molar-refractivity contribution is 6.31. The van der Waals surface area contributed by atoms with Crippen LogP contribution in [0.25, 0.3) is 0 Å². The minimum Gasteiger partial charge on any atom is -0.465 e. The molecule has 10 heteroatoms. The van der Waals surface area contributed by atoms with E-state index in [2.05, 4.69) is 22.0 Å². The minimum atomic E-state index is -0.596. The first-order chi connectivity index (χ1) is 14.7. The SMILES string of the molecule is CCOC(=O)CN1C(=O)C2C(NC3N(c4cccc(Cl)c4C)CC(C)CN23)N(C)C1=O. The van der Waals surface area contributed by atoms with Crippen LogP contribution in [0.1, 0.15) is 19.4 Å². The Labute approximate surface area is 186 Å². The second kappa shape index (κ2) is 8.29. The Balaban J connectivity index is 1.66. The van der Waals surface area contributed by atoms with Gasteiger partial charge in [0.05, 0.1) is 6.61 Å². The number of urea groups is 1. The zero-order chi connectivity index (χ0) is 22.4. The monoisotopic (exact) mass is 449 g/mol. The van der Waals surface area contributed by atoms with Crippen molar-refractivity contribution in [3.8, 4) is 0 Å². The average molecular weight is 450 g/mol.